The van der Waals surface area contributed by atoms with Crippen molar-refractivity contribution < 1.29 is 9.90 Å². The van der Waals surface area contributed by atoms with Crippen molar-refractivity contribution >= 4 is 55.1 Å². The molecule has 106 valence electrons. The number of benzene rings is 2. The van der Waals surface area contributed by atoms with E-state index in [1.54, 1.807) is 24.3 Å². The van der Waals surface area contributed by atoms with Gasteiger partial charge in [0.05, 0.1) is 5.69 Å². The number of hydrogen-bond donors (Lipinski definition) is 2. The molecule has 0 aromatic heterocycles. The maximum Gasteiger partial charge on any atom is 0.256 e. The number of amides is 1. The van der Waals surface area contributed by atoms with E-state index in [2.05, 4.69) is 37.2 Å². The van der Waals surface area contributed by atoms with Gasteiger partial charge in [-0.15, -0.1) is 0 Å². The monoisotopic (exact) mass is 407 g/mol. The first-order valence-electron chi connectivity index (χ1n) is 6.28. The van der Waals surface area contributed by atoms with Crippen molar-refractivity contribution in [3.63, 3.8) is 0 Å². The van der Waals surface area contributed by atoms with Crippen LogP contribution in [0, 0.1) is 6.92 Å². The van der Waals surface area contributed by atoms with Gasteiger partial charge in [0.1, 0.15) is 5.75 Å². The maximum atomic E-state index is 12.3. The third-order valence-corrected chi connectivity index (χ3v) is 4.88. The van der Waals surface area contributed by atoms with Crippen molar-refractivity contribution in [3.8, 4) is 5.75 Å². The summed E-state index contributed by atoms with van der Waals surface area (Å²) in [5.74, 6) is 0.0788. The molecule has 0 saturated carbocycles. The molecule has 0 unspecified atom stereocenters. The molecule has 0 fully saturated rings. The van der Waals surface area contributed by atoms with Gasteiger partial charge in [-0.25, -0.2) is 0 Å². The first-order valence-corrected chi connectivity index (χ1v) is 7.87. The first kappa shape index (κ1) is 14.4. The Hall–Kier alpha value is -1.59. The minimum Gasteiger partial charge on any atom is -0.508 e. The van der Waals surface area contributed by atoms with E-state index in [1.807, 2.05) is 19.1 Å². The van der Waals surface area contributed by atoms with Gasteiger partial charge in [-0.05, 0) is 58.3 Å². The summed E-state index contributed by atoms with van der Waals surface area (Å²) in [5.41, 5.74) is 4.19. The topological polar surface area (TPSA) is 49.3 Å². The molecule has 0 bridgehead atoms. The van der Waals surface area contributed by atoms with E-state index >= 15 is 0 Å². The van der Waals surface area contributed by atoms with Crippen LogP contribution >= 0.6 is 31.9 Å². The van der Waals surface area contributed by atoms with Crippen LogP contribution < -0.4 is 5.32 Å². The number of rotatable bonds is 1. The number of carbonyl (C=O) groups is 1. The van der Waals surface area contributed by atoms with Gasteiger partial charge in [-0.3, -0.25) is 4.79 Å². The van der Waals surface area contributed by atoms with Crippen LogP contribution in [0.25, 0.3) is 11.6 Å². The third-order valence-electron chi connectivity index (χ3n) is 3.43. The highest BCUT2D eigenvalue weighted by molar-refractivity contribution is 9.11. The van der Waals surface area contributed by atoms with Gasteiger partial charge >= 0.3 is 0 Å². The highest BCUT2D eigenvalue weighted by Gasteiger charge is 2.28. The molecule has 0 saturated heterocycles. The zero-order chi connectivity index (χ0) is 15.1. The Balaban J connectivity index is 2.19. The summed E-state index contributed by atoms with van der Waals surface area (Å²) in [4.78, 5) is 12.3. The second kappa shape index (κ2) is 5.31. The van der Waals surface area contributed by atoms with Crippen molar-refractivity contribution in [1.82, 2.24) is 0 Å². The number of nitrogens with one attached hydrogen (secondary N) is 1. The average molecular weight is 409 g/mol. The Bertz CT molecular complexity index is 780. The predicted molar refractivity (Wildman–Crippen MR) is 91.2 cm³/mol. The fraction of sp³-hybridized carbons (Fsp3) is 0.0625. The summed E-state index contributed by atoms with van der Waals surface area (Å²) in [6.07, 6.45) is 1.83. The van der Waals surface area contributed by atoms with E-state index in [4.69, 9.17) is 0 Å². The average Bonchev–Trinajstić information content (AvgIpc) is 2.77. The van der Waals surface area contributed by atoms with Crippen LogP contribution in [0.2, 0.25) is 0 Å². The van der Waals surface area contributed by atoms with E-state index in [9.17, 15) is 9.90 Å². The molecule has 3 rings (SSSR count). The molecule has 5 heteroatoms. The lowest BCUT2D eigenvalue weighted by atomic mass is 9.99. The van der Waals surface area contributed by atoms with Crippen molar-refractivity contribution in [3.05, 3.63) is 56.0 Å². The molecule has 2 aromatic rings. The second-order valence-corrected chi connectivity index (χ2v) is 6.53. The summed E-state index contributed by atoms with van der Waals surface area (Å²) < 4.78 is 1.79. The van der Waals surface area contributed by atoms with Gasteiger partial charge in [0.2, 0.25) is 0 Å². The fourth-order valence-corrected chi connectivity index (χ4v) is 3.61. The van der Waals surface area contributed by atoms with E-state index in [0.29, 0.717) is 5.57 Å². The summed E-state index contributed by atoms with van der Waals surface area (Å²) in [7, 11) is 0. The molecular weight excluding hydrogens is 398 g/mol. The van der Waals surface area contributed by atoms with Gasteiger partial charge in [0, 0.05) is 20.1 Å². The van der Waals surface area contributed by atoms with Crippen molar-refractivity contribution in [2.75, 3.05) is 5.32 Å². The number of carbonyl (C=O) groups excluding carboxylic acids is 1. The minimum atomic E-state index is -0.125. The van der Waals surface area contributed by atoms with Crippen LogP contribution in [0.15, 0.2) is 39.3 Å². The normalized spacial score (nSPS) is 15.2. The summed E-state index contributed by atoms with van der Waals surface area (Å²) in [6, 6.07) is 8.68. The molecule has 0 aliphatic carbocycles. The van der Waals surface area contributed by atoms with Gasteiger partial charge in [0.15, 0.2) is 0 Å². The molecule has 1 amide bonds. The highest BCUT2D eigenvalue weighted by atomic mass is 79.9. The molecule has 1 aliphatic rings. The lowest BCUT2D eigenvalue weighted by Gasteiger charge is -2.08. The van der Waals surface area contributed by atoms with Crippen molar-refractivity contribution in [2.24, 2.45) is 0 Å². The van der Waals surface area contributed by atoms with Crippen molar-refractivity contribution in [2.45, 2.75) is 6.92 Å². The Morgan fingerprint density at radius 2 is 1.81 bits per heavy atom. The largest absolute Gasteiger partial charge is 0.508 e. The van der Waals surface area contributed by atoms with Crippen LogP contribution in [0.5, 0.6) is 5.75 Å². The molecule has 0 atom stereocenters. The molecule has 2 aromatic carbocycles. The number of anilines is 1. The number of phenols is 1. The number of fused-ring (bicyclic) bond motifs is 1. The summed E-state index contributed by atoms with van der Waals surface area (Å²) in [6.45, 7) is 1.97. The molecule has 2 N–H and O–H groups in total. The Labute approximate surface area is 138 Å². The van der Waals surface area contributed by atoms with Crippen LogP contribution in [-0.2, 0) is 4.79 Å². The lowest BCUT2D eigenvalue weighted by Crippen LogP contribution is -2.03. The summed E-state index contributed by atoms with van der Waals surface area (Å²) in [5, 5.41) is 12.2. The smallest absolute Gasteiger partial charge is 0.256 e. The minimum absolute atomic E-state index is 0.125. The van der Waals surface area contributed by atoms with Crippen molar-refractivity contribution in [1.29, 1.82) is 0 Å². The fourth-order valence-electron chi connectivity index (χ4n) is 2.35. The Kier molecular flexibility index (Phi) is 3.63. The third kappa shape index (κ3) is 2.51. The quantitative estimate of drug-likeness (QED) is 0.670. The van der Waals surface area contributed by atoms with Gasteiger partial charge in [-0.2, -0.15) is 0 Å². The van der Waals surface area contributed by atoms with E-state index in [1.165, 1.54) is 0 Å². The van der Waals surface area contributed by atoms with Gasteiger partial charge < -0.3 is 10.4 Å². The molecule has 0 radical (unpaired) electrons. The molecular formula is C16H11Br2NO2. The zero-order valence-corrected chi connectivity index (χ0v) is 14.2. The number of phenolic OH excluding ortho intramolecular Hbond substituents is 1. The van der Waals surface area contributed by atoms with Crippen LogP contribution in [0.1, 0.15) is 16.7 Å². The Morgan fingerprint density at radius 3 is 2.48 bits per heavy atom. The molecule has 1 aliphatic heterocycles. The van der Waals surface area contributed by atoms with E-state index < -0.39 is 0 Å². The SMILES string of the molecule is Cc1c(Br)cc(Br)c2c1C(=Cc1ccc(O)cc1)C(=O)N2. The number of halogens is 2. The number of aromatic hydroxyl groups is 1. The molecule has 1 heterocycles. The Morgan fingerprint density at radius 1 is 1.14 bits per heavy atom. The predicted octanol–water partition coefficient (Wildman–Crippen LogP) is 4.72. The van der Waals surface area contributed by atoms with E-state index in [0.717, 1.165) is 31.3 Å². The standard InChI is InChI=1S/C16H11Br2NO2/c1-8-12(17)7-13(18)15-14(8)11(16(21)19-15)6-9-2-4-10(20)5-3-9/h2-7,20H,1H3,(H,19,21). The molecule has 21 heavy (non-hydrogen) atoms. The highest BCUT2D eigenvalue weighted by Crippen LogP contribution is 2.43. The first-order chi connectivity index (χ1) is 9.97. The molecule has 0 spiro atoms. The number of hydrogen-bond acceptors (Lipinski definition) is 2. The zero-order valence-electron chi connectivity index (χ0n) is 11.1. The molecule has 3 nitrogen and oxygen atoms in total. The second-order valence-electron chi connectivity index (χ2n) is 4.82. The van der Waals surface area contributed by atoms with Gasteiger partial charge in [-0.1, -0.05) is 28.1 Å². The van der Waals surface area contributed by atoms with Gasteiger partial charge in [0.25, 0.3) is 5.91 Å². The summed E-state index contributed by atoms with van der Waals surface area (Å²) >= 11 is 6.99. The van der Waals surface area contributed by atoms with Crippen LogP contribution in [-0.4, -0.2) is 11.0 Å². The maximum absolute atomic E-state index is 12.3. The lowest BCUT2D eigenvalue weighted by molar-refractivity contribution is -0.110. The van der Waals surface area contributed by atoms with Crippen LogP contribution in [0.4, 0.5) is 5.69 Å². The van der Waals surface area contributed by atoms with Crippen LogP contribution in [0.3, 0.4) is 0 Å². The van der Waals surface area contributed by atoms with E-state index in [-0.39, 0.29) is 11.7 Å².